The Morgan fingerprint density at radius 3 is 2.41 bits per heavy atom. The molecule has 0 saturated heterocycles. The minimum absolute atomic E-state index is 0.686. The van der Waals surface area contributed by atoms with Gasteiger partial charge in [-0.25, -0.2) is 0 Å². The number of hydrogen-bond acceptors (Lipinski definition) is 0. The van der Waals surface area contributed by atoms with Crippen molar-refractivity contribution >= 4 is 22.6 Å². The molecule has 0 spiro atoms. The number of benzene rings is 1. The molecule has 1 heteroatoms. The van der Waals surface area contributed by atoms with Gasteiger partial charge in [-0.2, -0.15) is 0 Å². The third kappa shape index (κ3) is 5.40. The van der Waals surface area contributed by atoms with Crippen LogP contribution in [0.2, 0.25) is 0 Å². The Morgan fingerprint density at radius 1 is 1.14 bits per heavy atom. The predicted molar refractivity (Wildman–Crippen MR) is 106 cm³/mol. The minimum Gasteiger partial charge on any atom is -0.103 e. The lowest BCUT2D eigenvalue weighted by Crippen LogP contribution is -2.20. The summed E-state index contributed by atoms with van der Waals surface area (Å²) in [7, 11) is 0. The van der Waals surface area contributed by atoms with Crippen LogP contribution in [0.3, 0.4) is 0 Å². The number of hydrogen-bond donors (Lipinski definition) is 0. The second-order valence-electron chi connectivity index (χ2n) is 6.96. The molecule has 1 aromatic carbocycles. The standard InChI is InChI=1S/C21H31I/c1-3-5-6-8-17-9-11-18(12-10-17)21(7-4-2)19-13-15-20(22)16-14-19/h4,13-18,21H,2-3,5-12H2,1H3. The second-order valence-corrected chi connectivity index (χ2v) is 8.20. The Hall–Kier alpha value is -0.310. The first-order valence-corrected chi connectivity index (χ1v) is 10.2. The lowest BCUT2D eigenvalue weighted by molar-refractivity contribution is 0.230. The molecule has 1 fully saturated rings. The maximum absolute atomic E-state index is 4.00. The molecule has 22 heavy (non-hydrogen) atoms. The van der Waals surface area contributed by atoms with Crippen molar-refractivity contribution in [2.24, 2.45) is 11.8 Å². The molecule has 0 aromatic heterocycles. The van der Waals surface area contributed by atoms with E-state index in [0.717, 1.165) is 18.3 Å². The zero-order chi connectivity index (χ0) is 15.8. The highest BCUT2D eigenvalue weighted by Crippen LogP contribution is 2.41. The summed E-state index contributed by atoms with van der Waals surface area (Å²) in [4.78, 5) is 0. The SMILES string of the molecule is C=CCC(c1ccc(I)cc1)C1CCC(CCCCC)CC1. The van der Waals surface area contributed by atoms with E-state index in [1.165, 1.54) is 60.5 Å². The molecule has 0 N–H and O–H groups in total. The van der Waals surface area contributed by atoms with Crippen molar-refractivity contribution in [2.75, 3.05) is 0 Å². The Bertz CT molecular complexity index is 426. The quantitative estimate of drug-likeness (QED) is 0.239. The fraction of sp³-hybridized carbons (Fsp3) is 0.619. The van der Waals surface area contributed by atoms with E-state index in [2.05, 4.69) is 66.4 Å². The van der Waals surface area contributed by atoms with Crippen molar-refractivity contribution in [3.63, 3.8) is 0 Å². The highest BCUT2D eigenvalue weighted by molar-refractivity contribution is 14.1. The molecule has 1 atom stereocenters. The first-order chi connectivity index (χ1) is 10.7. The summed E-state index contributed by atoms with van der Waals surface area (Å²) in [6, 6.07) is 9.18. The van der Waals surface area contributed by atoms with Crippen LogP contribution in [0.1, 0.15) is 76.2 Å². The third-order valence-corrected chi connectivity index (χ3v) is 6.11. The van der Waals surface area contributed by atoms with Gasteiger partial charge in [-0.3, -0.25) is 0 Å². The summed E-state index contributed by atoms with van der Waals surface area (Å²) in [5.74, 6) is 2.55. The van der Waals surface area contributed by atoms with E-state index in [1.807, 2.05) is 0 Å². The fourth-order valence-electron chi connectivity index (χ4n) is 4.05. The first-order valence-electron chi connectivity index (χ1n) is 9.11. The Morgan fingerprint density at radius 2 is 1.82 bits per heavy atom. The van der Waals surface area contributed by atoms with Crippen LogP contribution in [0.4, 0.5) is 0 Å². The third-order valence-electron chi connectivity index (χ3n) is 5.40. The average Bonchev–Trinajstić information content (AvgIpc) is 2.55. The molecule has 1 unspecified atom stereocenters. The van der Waals surface area contributed by atoms with Crippen molar-refractivity contribution in [3.8, 4) is 0 Å². The zero-order valence-electron chi connectivity index (χ0n) is 14.1. The summed E-state index contributed by atoms with van der Waals surface area (Å²) in [5, 5.41) is 0. The Labute approximate surface area is 150 Å². The molecule has 0 radical (unpaired) electrons. The van der Waals surface area contributed by atoms with Crippen molar-refractivity contribution in [3.05, 3.63) is 46.1 Å². The smallest absolute Gasteiger partial charge is 0.0130 e. The van der Waals surface area contributed by atoms with Crippen molar-refractivity contribution in [1.82, 2.24) is 0 Å². The van der Waals surface area contributed by atoms with Crippen LogP contribution in [0.5, 0.6) is 0 Å². The molecule has 0 heterocycles. The highest BCUT2D eigenvalue weighted by atomic mass is 127. The van der Waals surface area contributed by atoms with Crippen LogP contribution in [0, 0.1) is 15.4 Å². The Balaban J connectivity index is 1.91. The maximum Gasteiger partial charge on any atom is 0.0130 e. The van der Waals surface area contributed by atoms with Gasteiger partial charge in [0.1, 0.15) is 0 Å². The monoisotopic (exact) mass is 410 g/mol. The van der Waals surface area contributed by atoms with Crippen molar-refractivity contribution in [2.45, 2.75) is 70.6 Å². The van der Waals surface area contributed by atoms with Crippen LogP contribution in [0.15, 0.2) is 36.9 Å². The van der Waals surface area contributed by atoms with Gasteiger partial charge in [-0.1, -0.05) is 63.7 Å². The Kier molecular flexibility index (Phi) is 7.99. The van der Waals surface area contributed by atoms with Crippen molar-refractivity contribution < 1.29 is 0 Å². The molecular weight excluding hydrogens is 379 g/mol. The van der Waals surface area contributed by atoms with Gasteiger partial charge < -0.3 is 0 Å². The fourth-order valence-corrected chi connectivity index (χ4v) is 4.41. The molecule has 0 nitrogen and oxygen atoms in total. The van der Waals surface area contributed by atoms with Gasteiger partial charge in [-0.15, -0.1) is 6.58 Å². The van der Waals surface area contributed by atoms with Crippen LogP contribution in [0.25, 0.3) is 0 Å². The molecule has 0 aliphatic heterocycles. The normalized spacial score (nSPS) is 23.2. The molecule has 1 aliphatic carbocycles. The van der Waals surface area contributed by atoms with Gasteiger partial charge in [-0.05, 0) is 77.3 Å². The van der Waals surface area contributed by atoms with Crippen molar-refractivity contribution in [1.29, 1.82) is 0 Å². The number of allylic oxidation sites excluding steroid dienone is 1. The van der Waals surface area contributed by atoms with E-state index in [1.54, 1.807) is 0 Å². The molecule has 1 saturated carbocycles. The average molecular weight is 410 g/mol. The van der Waals surface area contributed by atoms with Crippen LogP contribution >= 0.6 is 22.6 Å². The number of rotatable bonds is 8. The van der Waals surface area contributed by atoms with Gasteiger partial charge in [0.15, 0.2) is 0 Å². The van der Waals surface area contributed by atoms with Gasteiger partial charge in [0.2, 0.25) is 0 Å². The van der Waals surface area contributed by atoms with Crippen LogP contribution in [-0.4, -0.2) is 0 Å². The maximum atomic E-state index is 4.00. The predicted octanol–water partition coefficient (Wildman–Crippen LogP) is 7.34. The van der Waals surface area contributed by atoms with Gasteiger partial charge in [0.25, 0.3) is 0 Å². The molecule has 2 rings (SSSR count). The van der Waals surface area contributed by atoms with Crippen LogP contribution < -0.4 is 0 Å². The summed E-state index contributed by atoms with van der Waals surface area (Å²) in [6.07, 6.45) is 14.7. The van der Waals surface area contributed by atoms with E-state index in [0.29, 0.717) is 5.92 Å². The zero-order valence-corrected chi connectivity index (χ0v) is 16.2. The summed E-state index contributed by atoms with van der Waals surface area (Å²) < 4.78 is 1.33. The minimum atomic E-state index is 0.686. The number of unbranched alkanes of at least 4 members (excludes halogenated alkanes) is 2. The van der Waals surface area contributed by atoms with Gasteiger partial charge in [0, 0.05) is 3.57 Å². The number of halogens is 1. The highest BCUT2D eigenvalue weighted by Gasteiger charge is 2.27. The molecule has 1 aromatic rings. The van der Waals surface area contributed by atoms with Gasteiger partial charge in [0.05, 0.1) is 0 Å². The second kappa shape index (κ2) is 9.75. The van der Waals surface area contributed by atoms with E-state index < -0.39 is 0 Å². The van der Waals surface area contributed by atoms with Crippen LogP contribution in [-0.2, 0) is 0 Å². The van der Waals surface area contributed by atoms with E-state index in [9.17, 15) is 0 Å². The topological polar surface area (TPSA) is 0 Å². The lowest BCUT2D eigenvalue weighted by Gasteiger charge is -2.34. The molecule has 0 bridgehead atoms. The summed E-state index contributed by atoms with van der Waals surface area (Å²) >= 11 is 2.39. The summed E-state index contributed by atoms with van der Waals surface area (Å²) in [6.45, 7) is 6.31. The largest absolute Gasteiger partial charge is 0.103 e. The first kappa shape index (κ1) is 18.0. The molecule has 0 amide bonds. The van der Waals surface area contributed by atoms with E-state index in [4.69, 9.17) is 0 Å². The van der Waals surface area contributed by atoms with Gasteiger partial charge >= 0.3 is 0 Å². The van der Waals surface area contributed by atoms with E-state index >= 15 is 0 Å². The summed E-state index contributed by atoms with van der Waals surface area (Å²) in [5.41, 5.74) is 1.52. The molecular formula is C21H31I. The molecule has 1 aliphatic rings. The van der Waals surface area contributed by atoms with E-state index in [-0.39, 0.29) is 0 Å². The lowest BCUT2D eigenvalue weighted by atomic mass is 9.71. The molecule has 122 valence electrons.